The third kappa shape index (κ3) is 2.78. The smallest absolute Gasteiger partial charge is 0.341 e. The highest BCUT2D eigenvalue weighted by Crippen LogP contribution is 2.25. The van der Waals surface area contributed by atoms with Gasteiger partial charge in [0, 0.05) is 30.0 Å². The summed E-state index contributed by atoms with van der Waals surface area (Å²) in [6.07, 6.45) is 0.870. The first kappa shape index (κ1) is 14.5. The Hall–Kier alpha value is -2.10. The summed E-state index contributed by atoms with van der Waals surface area (Å²) in [5.74, 6) is 0. The summed E-state index contributed by atoms with van der Waals surface area (Å²) in [7, 11) is 0. The van der Waals surface area contributed by atoms with Gasteiger partial charge < -0.3 is 4.42 Å². The summed E-state index contributed by atoms with van der Waals surface area (Å²) in [6, 6.07) is 15.6. The van der Waals surface area contributed by atoms with Gasteiger partial charge in [0.1, 0.15) is 5.58 Å². The van der Waals surface area contributed by atoms with Crippen LogP contribution in [-0.4, -0.2) is 11.4 Å². The van der Waals surface area contributed by atoms with Crippen molar-refractivity contribution < 1.29 is 4.42 Å². The van der Waals surface area contributed by atoms with Crippen LogP contribution in [0.3, 0.4) is 0 Å². The minimum absolute atomic E-state index is 0.209. The molecule has 2 heterocycles. The molecule has 1 aliphatic heterocycles. The van der Waals surface area contributed by atoms with E-state index in [2.05, 4.69) is 4.90 Å². The fraction of sp³-hybridized carbons (Fsp3) is 0.211. The average Bonchev–Trinajstić information content (AvgIpc) is 2.57. The maximum atomic E-state index is 12.3. The molecule has 0 saturated carbocycles. The highest BCUT2D eigenvalue weighted by molar-refractivity contribution is 6.30. The van der Waals surface area contributed by atoms with Crippen LogP contribution >= 0.6 is 11.6 Å². The zero-order chi connectivity index (χ0) is 15.8. The van der Waals surface area contributed by atoms with Crippen LogP contribution in [0, 0.1) is 0 Å². The molecule has 4 heteroatoms. The molecule has 4 rings (SSSR count). The molecule has 0 spiro atoms. The molecule has 0 unspecified atom stereocenters. The van der Waals surface area contributed by atoms with Crippen LogP contribution in [0.2, 0.25) is 5.02 Å². The van der Waals surface area contributed by atoms with Gasteiger partial charge in [0.15, 0.2) is 0 Å². The van der Waals surface area contributed by atoms with E-state index in [9.17, 15) is 4.79 Å². The SMILES string of the molecule is O=c1oc2ccccc2c2c1CN(Cc1ccc(Cl)cc1)CC2. The second kappa shape index (κ2) is 5.84. The molecule has 0 N–H and O–H groups in total. The van der Waals surface area contributed by atoms with Gasteiger partial charge in [-0.1, -0.05) is 41.9 Å². The maximum absolute atomic E-state index is 12.3. The van der Waals surface area contributed by atoms with Crippen molar-refractivity contribution in [3.63, 3.8) is 0 Å². The number of halogens is 1. The van der Waals surface area contributed by atoms with E-state index >= 15 is 0 Å². The van der Waals surface area contributed by atoms with Crippen LogP contribution in [0.25, 0.3) is 11.0 Å². The van der Waals surface area contributed by atoms with E-state index in [0.717, 1.165) is 41.0 Å². The normalized spacial score (nSPS) is 14.8. The lowest BCUT2D eigenvalue weighted by atomic mass is 9.97. The van der Waals surface area contributed by atoms with Gasteiger partial charge in [-0.3, -0.25) is 4.90 Å². The molecule has 3 nitrogen and oxygen atoms in total. The van der Waals surface area contributed by atoms with Gasteiger partial charge in [0.25, 0.3) is 0 Å². The molecule has 1 aromatic heterocycles. The Labute approximate surface area is 139 Å². The van der Waals surface area contributed by atoms with E-state index in [1.165, 1.54) is 5.56 Å². The molecular formula is C19H16ClNO2. The Morgan fingerprint density at radius 2 is 1.83 bits per heavy atom. The third-order valence-corrected chi connectivity index (χ3v) is 4.66. The Bertz CT molecular complexity index is 915. The average molecular weight is 326 g/mol. The number of fused-ring (bicyclic) bond motifs is 3. The van der Waals surface area contributed by atoms with Gasteiger partial charge in [0.2, 0.25) is 0 Å². The third-order valence-electron chi connectivity index (χ3n) is 4.40. The highest BCUT2D eigenvalue weighted by atomic mass is 35.5. The Kier molecular flexibility index (Phi) is 3.68. The molecule has 0 fully saturated rings. The number of para-hydroxylation sites is 1. The van der Waals surface area contributed by atoms with E-state index in [0.29, 0.717) is 12.1 Å². The molecule has 0 bridgehead atoms. The van der Waals surface area contributed by atoms with Crippen LogP contribution in [0.1, 0.15) is 16.7 Å². The van der Waals surface area contributed by atoms with Gasteiger partial charge >= 0.3 is 5.63 Å². The Morgan fingerprint density at radius 3 is 2.65 bits per heavy atom. The standard InChI is InChI=1S/C19H16ClNO2/c20-14-7-5-13(6-8-14)11-21-10-9-15-16-3-1-2-4-18(16)23-19(22)17(15)12-21/h1-8H,9-12H2. The molecule has 0 aliphatic carbocycles. The van der Waals surface area contributed by atoms with Gasteiger partial charge in [-0.2, -0.15) is 0 Å². The van der Waals surface area contributed by atoms with Gasteiger partial charge in [-0.25, -0.2) is 4.79 Å². The first-order chi connectivity index (χ1) is 11.2. The molecule has 0 atom stereocenters. The van der Waals surface area contributed by atoms with Crippen molar-refractivity contribution in [2.45, 2.75) is 19.5 Å². The summed E-state index contributed by atoms with van der Waals surface area (Å²) in [6.45, 7) is 2.37. The van der Waals surface area contributed by atoms with E-state index in [-0.39, 0.29) is 5.63 Å². The number of benzene rings is 2. The number of hydrogen-bond acceptors (Lipinski definition) is 3. The van der Waals surface area contributed by atoms with Crippen molar-refractivity contribution in [1.29, 1.82) is 0 Å². The molecule has 23 heavy (non-hydrogen) atoms. The largest absolute Gasteiger partial charge is 0.422 e. The van der Waals surface area contributed by atoms with E-state index in [4.69, 9.17) is 16.0 Å². The lowest BCUT2D eigenvalue weighted by Crippen LogP contribution is -2.33. The van der Waals surface area contributed by atoms with E-state index in [1.54, 1.807) is 0 Å². The zero-order valence-corrected chi connectivity index (χ0v) is 13.3. The minimum Gasteiger partial charge on any atom is -0.422 e. The fourth-order valence-corrected chi connectivity index (χ4v) is 3.38. The minimum atomic E-state index is -0.209. The second-order valence-electron chi connectivity index (χ2n) is 5.93. The van der Waals surface area contributed by atoms with Crippen LogP contribution in [0.15, 0.2) is 57.7 Å². The van der Waals surface area contributed by atoms with Gasteiger partial charge in [-0.15, -0.1) is 0 Å². The molecule has 0 radical (unpaired) electrons. The van der Waals surface area contributed by atoms with Crippen LogP contribution in [0.5, 0.6) is 0 Å². The Balaban J connectivity index is 1.65. The van der Waals surface area contributed by atoms with Gasteiger partial charge in [-0.05, 0) is 35.7 Å². The predicted octanol–water partition coefficient (Wildman–Crippen LogP) is 4.00. The monoisotopic (exact) mass is 325 g/mol. The van der Waals surface area contributed by atoms with Crippen molar-refractivity contribution >= 4 is 22.6 Å². The fourth-order valence-electron chi connectivity index (χ4n) is 3.25. The van der Waals surface area contributed by atoms with Crippen molar-refractivity contribution in [1.82, 2.24) is 4.90 Å². The lowest BCUT2D eigenvalue weighted by molar-refractivity contribution is 0.241. The van der Waals surface area contributed by atoms with Crippen molar-refractivity contribution in [3.8, 4) is 0 Å². The van der Waals surface area contributed by atoms with Crippen LogP contribution in [-0.2, 0) is 19.5 Å². The van der Waals surface area contributed by atoms with Gasteiger partial charge in [0.05, 0.1) is 5.56 Å². The molecular weight excluding hydrogens is 310 g/mol. The molecule has 1 aliphatic rings. The molecule has 3 aromatic rings. The summed E-state index contributed by atoms with van der Waals surface area (Å²) < 4.78 is 5.47. The summed E-state index contributed by atoms with van der Waals surface area (Å²) in [4.78, 5) is 14.6. The molecule has 2 aromatic carbocycles. The predicted molar refractivity (Wildman–Crippen MR) is 91.8 cm³/mol. The topological polar surface area (TPSA) is 33.5 Å². The number of hydrogen-bond donors (Lipinski definition) is 0. The maximum Gasteiger partial charge on any atom is 0.341 e. The number of nitrogens with zero attached hydrogens (tertiary/aromatic N) is 1. The quantitative estimate of drug-likeness (QED) is 0.668. The molecule has 0 amide bonds. The van der Waals surface area contributed by atoms with E-state index in [1.807, 2.05) is 48.5 Å². The number of rotatable bonds is 2. The second-order valence-corrected chi connectivity index (χ2v) is 6.37. The summed E-state index contributed by atoms with van der Waals surface area (Å²) >= 11 is 5.93. The van der Waals surface area contributed by atoms with Crippen molar-refractivity contribution in [2.24, 2.45) is 0 Å². The highest BCUT2D eigenvalue weighted by Gasteiger charge is 2.22. The molecule has 116 valence electrons. The summed E-state index contributed by atoms with van der Waals surface area (Å²) in [5.41, 5.74) is 3.61. The summed E-state index contributed by atoms with van der Waals surface area (Å²) in [5, 5.41) is 1.80. The molecule has 0 saturated heterocycles. The zero-order valence-electron chi connectivity index (χ0n) is 12.6. The first-order valence-corrected chi connectivity index (χ1v) is 8.09. The van der Waals surface area contributed by atoms with Crippen LogP contribution in [0.4, 0.5) is 0 Å². The van der Waals surface area contributed by atoms with Crippen molar-refractivity contribution in [2.75, 3.05) is 6.54 Å². The van der Waals surface area contributed by atoms with Crippen LogP contribution < -0.4 is 5.63 Å². The lowest BCUT2D eigenvalue weighted by Gasteiger charge is -2.28. The first-order valence-electron chi connectivity index (χ1n) is 7.71. The Morgan fingerprint density at radius 1 is 1.04 bits per heavy atom. The van der Waals surface area contributed by atoms with Crippen molar-refractivity contribution in [3.05, 3.63) is 80.7 Å². The van der Waals surface area contributed by atoms with E-state index < -0.39 is 0 Å².